The molecule has 0 fully saturated rings. The summed E-state index contributed by atoms with van der Waals surface area (Å²) in [4.78, 5) is 10.1. The van der Waals surface area contributed by atoms with Crippen LogP contribution in [0.15, 0.2) is 0 Å². The quantitative estimate of drug-likeness (QED) is 0.514. The number of carbonyl (C=O) groups is 1. The van der Waals surface area contributed by atoms with Crippen LogP contribution in [-0.2, 0) is 4.79 Å². The minimum absolute atomic E-state index is 0. The molecule has 0 saturated carbocycles. The van der Waals surface area contributed by atoms with E-state index in [-0.39, 0.29) is 47.2 Å². The van der Waals surface area contributed by atoms with Gasteiger partial charge >= 0.3 is 43.7 Å². The summed E-state index contributed by atoms with van der Waals surface area (Å²) in [5.41, 5.74) is -0.966. The first-order valence-corrected chi connectivity index (χ1v) is 2.93. The second-order valence-electron chi connectivity index (χ2n) is 2.89. The van der Waals surface area contributed by atoms with Gasteiger partial charge in [-0.1, -0.05) is 13.8 Å². The zero-order valence-corrected chi connectivity index (χ0v) is 8.95. The summed E-state index contributed by atoms with van der Waals surface area (Å²) in [6.07, 6.45) is -1.50. The molecule has 11 heavy (non-hydrogen) atoms. The number of carboxylic acids is 1. The molecule has 0 amide bonds. The van der Waals surface area contributed by atoms with Crippen LogP contribution in [0.4, 0.5) is 0 Å². The molecule has 4 nitrogen and oxygen atoms in total. The maximum Gasteiger partial charge on any atom is 2.00 e. The number of hydrogen-bond donors (Lipinski definition) is 3. The molecule has 0 aromatic carbocycles. The van der Waals surface area contributed by atoms with E-state index in [2.05, 4.69) is 0 Å². The zero-order chi connectivity index (χ0) is 8.36. The van der Waals surface area contributed by atoms with Crippen LogP contribution >= 0.6 is 0 Å². The van der Waals surface area contributed by atoms with Crippen LogP contribution in [0.3, 0.4) is 0 Å². The Kier molecular flexibility index (Phi) is 6.87. The molecule has 3 N–H and O–H groups in total. The van der Waals surface area contributed by atoms with E-state index < -0.39 is 17.5 Å². The van der Waals surface area contributed by atoms with Gasteiger partial charge in [0.15, 0.2) is 6.10 Å². The van der Waals surface area contributed by atoms with Crippen LogP contribution in [0.2, 0.25) is 0 Å². The second kappa shape index (κ2) is 5.32. The normalized spacial score (nSPS) is 13.5. The summed E-state index contributed by atoms with van der Waals surface area (Å²) in [5.74, 6) is -1.31. The fourth-order valence-electron chi connectivity index (χ4n) is 0.421. The monoisotopic (exact) mass is 190 g/mol. The van der Waals surface area contributed by atoms with Crippen molar-refractivity contribution in [3.05, 3.63) is 0 Å². The number of carboxylic acid groups (broad SMARTS) is 1. The van der Waals surface area contributed by atoms with Gasteiger partial charge < -0.3 is 18.2 Å². The fourth-order valence-corrected chi connectivity index (χ4v) is 0.421. The van der Waals surface area contributed by atoms with Crippen LogP contribution in [0.1, 0.15) is 16.7 Å². The van der Waals surface area contributed by atoms with Gasteiger partial charge in [-0.25, -0.2) is 4.79 Å². The number of aliphatic hydroxyl groups excluding tert-OH is 2. The summed E-state index contributed by atoms with van der Waals surface area (Å²) in [6, 6.07) is 0. The minimum Gasteiger partial charge on any atom is -1.00 e. The maximum atomic E-state index is 10.1. The number of aliphatic carboxylic acids is 1. The van der Waals surface area contributed by atoms with Gasteiger partial charge in [-0.15, -0.1) is 0 Å². The molecule has 0 aliphatic carbocycles. The van der Waals surface area contributed by atoms with E-state index in [1.165, 1.54) is 13.8 Å². The molecule has 0 rings (SSSR count). The van der Waals surface area contributed by atoms with Crippen molar-refractivity contribution in [1.82, 2.24) is 0 Å². The Morgan fingerprint density at radius 2 is 2.00 bits per heavy atom. The first-order chi connectivity index (χ1) is 4.41. The predicted molar refractivity (Wildman–Crippen MR) is 42.5 cm³/mol. The molecule has 5 heteroatoms. The van der Waals surface area contributed by atoms with Crippen molar-refractivity contribution in [2.45, 2.75) is 20.0 Å². The SMILES string of the molecule is CC(C)(CO)C(O)C(=O)O.[Ca+2].[H-].[H-]. The first-order valence-electron chi connectivity index (χ1n) is 2.93. The van der Waals surface area contributed by atoms with E-state index in [0.29, 0.717) is 0 Å². The molecule has 0 heterocycles. The Bertz CT molecular complexity index is 143. The van der Waals surface area contributed by atoms with Crippen LogP contribution in [0.25, 0.3) is 0 Å². The number of hydrogen-bond acceptors (Lipinski definition) is 3. The Labute approximate surface area is 98.2 Å². The van der Waals surface area contributed by atoms with Gasteiger partial charge in [0.05, 0.1) is 6.61 Å². The molecule has 0 aliphatic heterocycles. The topological polar surface area (TPSA) is 77.8 Å². The summed E-state index contributed by atoms with van der Waals surface area (Å²) < 4.78 is 0. The Balaban J connectivity index is -0.000000135. The Hall–Kier alpha value is 0.650. The predicted octanol–water partition coefficient (Wildman–Crippen LogP) is -0.705. The third-order valence-electron chi connectivity index (χ3n) is 1.38. The van der Waals surface area contributed by atoms with Gasteiger partial charge in [-0.05, 0) is 0 Å². The molecule has 0 aromatic rings. The van der Waals surface area contributed by atoms with Crippen molar-refractivity contribution in [3.63, 3.8) is 0 Å². The molecule has 1 unspecified atom stereocenters. The van der Waals surface area contributed by atoms with Crippen molar-refractivity contribution >= 4 is 43.7 Å². The molecular formula is C6H14CaO4. The standard InChI is InChI=1S/C6H12O4.Ca.2H/c1-6(2,3-7)4(8)5(9)10;;;/h4,7-8H,3H2,1-2H3,(H,9,10);;;/q;+2;2*-1. The fraction of sp³-hybridized carbons (Fsp3) is 0.833. The van der Waals surface area contributed by atoms with Crippen LogP contribution in [-0.4, -0.2) is 71.7 Å². The maximum absolute atomic E-state index is 10.1. The van der Waals surface area contributed by atoms with E-state index in [0.717, 1.165) is 0 Å². The molecule has 0 aliphatic rings. The largest absolute Gasteiger partial charge is 2.00 e. The molecule has 0 radical (unpaired) electrons. The van der Waals surface area contributed by atoms with E-state index in [1.54, 1.807) is 0 Å². The van der Waals surface area contributed by atoms with Gasteiger partial charge in [0, 0.05) is 5.41 Å². The summed E-state index contributed by atoms with van der Waals surface area (Å²) >= 11 is 0. The van der Waals surface area contributed by atoms with Gasteiger partial charge in [0.2, 0.25) is 0 Å². The average molecular weight is 190 g/mol. The minimum atomic E-state index is -1.50. The zero-order valence-electron chi connectivity index (χ0n) is 8.74. The third kappa shape index (κ3) is 4.28. The van der Waals surface area contributed by atoms with Crippen LogP contribution < -0.4 is 0 Å². The summed E-state index contributed by atoms with van der Waals surface area (Å²) in [6.45, 7) is 2.61. The number of rotatable bonds is 3. The van der Waals surface area contributed by atoms with Gasteiger partial charge in [0.25, 0.3) is 0 Å². The second-order valence-corrected chi connectivity index (χ2v) is 2.89. The van der Waals surface area contributed by atoms with E-state index in [9.17, 15) is 4.79 Å². The number of aliphatic hydroxyl groups is 2. The molecule has 0 aromatic heterocycles. The molecule has 0 spiro atoms. The molecule has 0 saturated heterocycles. The van der Waals surface area contributed by atoms with Crippen molar-refractivity contribution in [2.24, 2.45) is 5.41 Å². The Morgan fingerprint density at radius 3 is 2.09 bits per heavy atom. The van der Waals surface area contributed by atoms with Crippen LogP contribution in [0, 0.1) is 5.41 Å². The van der Waals surface area contributed by atoms with E-state index in [4.69, 9.17) is 15.3 Å². The van der Waals surface area contributed by atoms with E-state index >= 15 is 0 Å². The van der Waals surface area contributed by atoms with Crippen molar-refractivity contribution < 1.29 is 23.0 Å². The van der Waals surface area contributed by atoms with Crippen molar-refractivity contribution in [1.29, 1.82) is 0 Å². The smallest absolute Gasteiger partial charge is 1.00 e. The molecule has 0 bridgehead atoms. The molecular weight excluding hydrogens is 176 g/mol. The molecule has 64 valence electrons. The summed E-state index contributed by atoms with van der Waals surface area (Å²) in [7, 11) is 0. The van der Waals surface area contributed by atoms with E-state index in [1.807, 2.05) is 0 Å². The van der Waals surface area contributed by atoms with Gasteiger partial charge in [-0.2, -0.15) is 0 Å². The third-order valence-corrected chi connectivity index (χ3v) is 1.38. The van der Waals surface area contributed by atoms with Crippen molar-refractivity contribution in [2.75, 3.05) is 6.61 Å². The van der Waals surface area contributed by atoms with Gasteiger partial charge in [-0.3, -0.25) is 0 Å². The first kappa shape index (κ1) is 14.2. The van der Waals surface area contributed by atoms with Crippen LogP contribution in [0.5, 0.6) is 0 Å². The van der Waals surface area contributed by atoms with Gasteiger partial charge in [0.1, 0.15) is 0 Å². The average Bonchev–Trinajstić information content (AvgIpc) is 1.86. The summed E-state index contributed by atoms with van der Waals surface area (Å²) in [5, 5.41) is 25.8. The Morgan fingerprint density at radius 1 is 1.64 bits per heavy atom. The van der Waals surface area contributed by atoms with Crippen molar-refractivity contribution in [3.8, 4) is 0 Å². The molecule has 1 atom stereocenters.